The molecule has 1 aromatic rings. The summed E-state index contributed by atoms with van der Waals surface area (Å²) in [5, 5.41) is 5.70. The van der Waals surface area contributed by atoms with E-state index in [0.29, 0.717) is 29.8 Å². The molecule has 10 heteroatoms. The van der Waals surface area contributed by atoms with Gasteiger partial charge in [0.25, 0.3) is 5.91 Å². The third-order valence-electron chi connectivity index (χ3n) is 7.26. The largest absolute Gasteiger partial charge is 0.368 e. The Kier molecular flexibility index (Phi) is 9.33. The van der Waals surface area contributed by atoms with Gasteiger partial charge in [-0.1, -0.05) is 62.9 Å². The minimum Gasteiger partial charge on any atom is -0.368 e. The van der Waals surface area contributed by atoms with Crippen molar-refractivity contribution in [1.29, 1.82) is 0 Å². The van der Waals surface area contributed by atoms with E-state index in [4.69, 9.17) is 11.5 Å². The van der Waals surface area contributed by atoms with Gasteiger partial charge >= 0.3 is 0 Å². The number of carbonyl (C=O) groups excluding carboxylic acids is 5. The van der Waals surface area contributed by atoms with Crippen LogP contribution in [0.1, 0.15) is 69.9 Å². The molecule has 4 amide bonds. The Morgan fingerprint density at radius 2 is 1.78 bits per heavy atom. The minimum absolute atomic E-state index is 0.0114. The number of Topliss-reactive ketones (excluding diaryl/α,β-unsaturated/α-hetero) is 1. The van der Waals surface area contributed by atoms with Gasteiger partial charge in [-0.05, 0) is 36.7 Å². The zero-order valence-electron chi connectivity index (χ0n) is 20.8. The number of amides is 4. The van der Waals surface area contributed by atoms with Gasteiger partial charge in [-0.15, -0.1) is 0 Å². The highest BCUT2D eigenvalue weighted by Crippen LogP contribution is 2.43. The summed E-state index contributed by atoms with van der Waals surface area (Å²) < 4.78 is 0. The maximum atomic E-state index is 13.5. The number of hydrogen-bond acceptors (Lipinski definition) is 7. The van der Waals surface area contributed by atoms with Crippen LogP contribution in [0.25, 0.3) is 0 Å². The highest BCUT2D eigenvalue weighted by Gasteiger charge is 2.45. The number of carbonyl (C=O) groups is 5. The third-order valence-corrected chi connectivity index (χ3v) is 7.26. The van der Waals surface area contributed by atoms with E-state index in [1.807, 2.05) is 6.92 Å². The van der Waals surface area contributed by atoms with Gasteiger partial charge in [-0.2, -0.15) is 0 Å². The number of primary amides is 1. The maximum absolute atomic E-state index is 13.5. The average molecular weight is 500 g/mol. The summed E-state index contributed by atoms with van der Waals surface area (Å²) in [5.74, 6) is -4.25. The fourth-order valence-electron chi connectivity index (χ4n) is 5.26. The zero-order valence-corrected chi connectivity index (χ0v) is 20.8. The van der Waals surface area contributed by atoms with E-state index in [2.05, 4.69) is 10.6 Å². The zero-order chi connectivity index (χ0) is 26.3. The maximum Gasteiger partial charge on any atom is 0.298 e. The molecule has 10 nitrogen and oxygen atoms in total. The van der Waals surface area contributed by atoms with E-state index in [0.717, 1.165) is 32.1 Å². The van der Waals surface area contributed by atoms with Crippen molar-refractivity contribution in [3.8, 4) is 0 Å². The number of nitrogens with zero attached hydrogens (tertiary/aromatic N) is 1. The standard InChI is InChI=1S/C26H37N5O5/c1-2-9-18(27)22(33)25(36)31(24(35)19-14-26(16-29-19)12-7-4-8-13-26)15-20(32)30-21(23(28)34)17-10-5-3-6-11-17/h3,5-6,10-11,18-19,21,29H,2,4,7-9,12-16,27H2,1H3,(H2,28,34)(H,30,32). The van der Waals surface area contributed by atoms with Crippen molar-refractivity contribution < 1.29 is 24.0 Å². The summed E-state index contributed by atoms with van der Waals surface area (Å²) in [7, 11) is 0. The lowest BCUT2D eigenvalue weighted by atomic mass is 9.72. The van der Waals surface area contributed by atoms with Gasteiger partial charge in [0.15, 0.2) is 0 Å². The van der Waals surface area contributed by atoms with E-state index < -0.39 is 54.1 Å². The van der Waals surface area contributed by atoms with E-state index in [1.165, 1.54) is 0 Å². The molecule has 3 rings (SSSR count). The van der Waals surface area contributed by atoms with Gasteiger partial charge in [0, 0.05) is 6.54 Å². The molecular weight excluding hydrogens is 462 g/mol. The number of nitrogens with two attached hydrogens (primary N) is 2. The van der Waals surface area contributed by atoms with Crippen LogP contribution in [0.3, 0.4) is 0 Å². The Labute approximate surface area is 211 Å². The van der Waals surface area contributed by atoms with E-state index in [-0.39, 0.29) is 11.8 Å². The third kappa shape index (κ3) is 6.55. The number of hydrogen-bond donors (Lipinski definition) is 4. The molecule has 36 heavy (non-hydrogen) atoms. The lowest BCUT2D eigenvalue weighted by Crippen LogP contribution is -2.55. The van der Waals surface area contributed by atoms with Crippen molar-refractivity contribution in [1.82, 2.24) is 15.5 Å². The first-order valence-electron chi connectivity index (χ1n) is 12.7. The highest BCUT2D eigenvalue weighted by molar-refractivity contribution is 6.40. The molecule has 3 atom stereocenters. The molecule has 1 aliphatic heterocycles. The smallest absolute Gasteiger partial charge is 0.298 e. The monoisotopic (exact) mass is 499 g/mol. The van der Waals surface area contributed by atoms with Gasteiger partial charge < -0.3 is 22.1 Å². The lowest BCUT2D eigenvalue weighted by Gasteiger charge is -2.32. The first-order valence-corrected chi connectivity index (χ1v) is 12.7. The van der Waals surface area contributed by atoms with Gasteiger partial charge in [-0.3, -0.25) is 28.9 Å². The Bertz CT molecular complexity index is 976. The predicted octanol–water partition coefficient (Wildman–Crippen LogP) is 0.693. The van der Waals surface area contributed by atoms with Crippen LogP contribution in [0.15, 0.2) is 30.3 Å². The summed E-state index contributed by atoms with van der Waals surface area (Å²) in [5.41, 5.74) is 11.8. The first-order chi connectivity index (χ1) is 17.2. The molecule has 1 saturated carbocycles. The molecule has 3 unspecified atom stereocenters. The molecule has 0 aromatic heterocycles. The molecule has 2 aliphatic rings. The SMILES string of the molecule is CCCC(N)C(=O)C(=O)N(CC(=O)NC(C(N)=O)c1ccccc1)C(=O)C1CC2(CCCCC2)CN1. The normalized spacial score (nSPS) is 20.3. The molecular formula is C26H37N5O5. The topological polar surface area (TPSA) is 165 Å². The van der Waals surface area contributed by atoms with Crippen LogP contribution in [-0.4, -0.2) is 59.5 Å². The molecule has 1 aromatic carbocycles. The molecule has 1 heterocycles. The summed E-state index contributed by atoms with van der Waals surface area (Å²) in [6.07, 6.45) is 6.74. The van der Waals surface area contributed by atoms with Crippen LogP contribution < -0.4 is 22.1 Å². The van der Waals surface area contributed by atoms with Crippen LogP contribution in [0, 0.1) is 5.41 Å². The fraction of sp³-hybridized carbons (Fsp3) is 0.577. The highest BCUT2D eigenvalue weighted by atomic mass is 16.2. The van der Waals surface area contributed by atoms with Crippen LogP contribution in [0.5, 0.6) is 0 Å². The number of nitrogens with one attached hydrogen (secondary N) is 2. The molecule has 1 spiro atoms. The van der Waals surface area contributed by atoms with Crippen LogP contribution in [-0.2, 0) is 24.0 Å². The van der Waals surface area contributed by atoms with Crippen molar-refractivity contribution in [3.63, 3.8) is 0 Å². The first kappa shape index (κ1) is 27.5. The number of ketones is 1. The number of benzene rings is 1. The van der Waals surface area contributed by atoms with Gasteiger partial charge in [0.1, 0.15) is 12.6 Å². The number of imide groups is 1. The summed E-state index contributed by atoms with van der Waals surface area (Å²) >= 11 is 0. The fourth-order valence-corrected chi connectivity index (χ4v) is 5.26. The van der Waals surface area contributed by atoms with Crippen LogP contribution in [0.4, 0.5) is 0 Å². The molecule has 2 fully saturated rings. The number of rotatable bonds is 10. The quantitative estimate of drug-likeness (QED) is 0.344. The molecule has 1 saturated heterocycles. The predicted molar refractivity (Wildman–Crippen MR) is 133 cm³/mol. The van der Waals surface area contributed by atoms with Crippen molar-refractivity contribution in [3.05, 3.63) is 35.9 Å². The Balaban J connectivity index is 1.78. The molecule has 1 aliphatic carbocycles. The van der Waals surface area contributed by atoms with Gasteiger partial charge in [0.2, 0.25) is 23.5 Å². The Hall–Kier alpha value is -3.11. The Morgan fingerprint density at radius 3 is 2.39 bits per heavy atom. The summed E-state index contributed by atoms with van der Waals surface area (Å²) in [6.45, 7) is 1.76. The van der Waals surface area contributed by atoms with Crippen LogP contribution in [0.2, 0.25) is 0 Å². The molecule has 0 bridgehead atoms. The summed E-state index contributed by atoms with van der Waals surface area (Å²) in [4.78, 5) is 65.0. The van der Waals surface area contributed by atoms with Crippen LogP contribution >= 0.6 is 0 Å². The van der Waals surface area contributed by atoms with Crippen molar-refractivity contribution in [2.45, 2.75) is 76.4 Å². The van der Waals surface area contributed by atoms with Crippen molar-refractivity contribution in [2.75, 3.05) is 13.1 Å². The molecule has 0 radical (unpaired) electrons. The van der Waals surface area contributed by atoms with Crippen molar-refractivity contribution in [2.24, 2.45) is 16.9 Å². The van der Waals surface area contributed by atoms with E-state index >= 15 is 0 Å². The molecule has 6 N–H and O–H groups in total. The second-order valence-electron chi connectivity index (χ2n) is 10.0. The Morgan fingerprint density at radius 1 is 1.11 bits per heavy atom. The van der Waals surface area contributed by atoms with E-state index in [9.17, 15) is 24.0 Å². The summed E-state index contributed by atoms with van der Waals surface area (Å²) in [6, 6.07) is 5.49. The van der Waals surface area contributed by atoms with Gasteiger partial charge in [-0.25, -0.2) is 0 Å². The lowest BCUT2D eigenvalue weighted by molar-refractivity contribution is -0.154. The van der Waals surface area contributed by atoms with E-state index in [1.54, 1.807) is 30.3 Å². The second-order valence-corrected chi connectivity index (χ2v) is 10.0. The van der Waals surface area contributed by atoms with Gasteiger partial charge in [0.05, 0.1) is 12.1 Å². The second kappa shape index (κ2) is 12.2. The molecule has 196 valence electrons. The average Bonchev–Trinajstić information content (AvgIpc) is 3.28. The minimum atomic E-state index is -1.15. The van der Waals surface area contributed by atoms with Crippen molar-refractivity contribution >= 4 is 29.4 Å².